The lowest BCUT2D eigenvalue weighted by molar-refractivity contribution is 0.229. The van der Waals surface area contributed by atoms with Gasteiger partial charge in [-0.15, -0.1) is 0 Å². The van der Waals surface area contributed by atoms with Crippen LogP contribution in [-0.2, 0) is 6.42 Å². The fourth-order valence-corrected chi connectivity index (χ4v) is 2.81. The van der Waals surface area contributed by atoms with Crippen molar-refractivity contribution in [3.05, 3.63) is 30.1 Å². The highest BCUT2D eigenvalue weighted by atomic mass is 15.1. The van der Waals surface area contributed by atoms with Gasteiger partial charge in [-0.2, -0.15) is 0 Å². The van der Waals surface area contributed by atoms with Crippen LogP contribution >= 0.6 is 0 Å². The smallest absolute Gasteiger partial charge is 0.0270 e. The molecule has 2 heterocycles. The first kappa shape index (κ1) is 14.5. The van der Waals surface area contributed by atoms with E-state index < -0.39 is 0 Å². The molecule has 0 aromatic carbocycles. The lowest BCUT2D eigenvalue weighted by atomic mass is 10.1. The van der Waals surface area contributed by atoms with Crippen LogP contribution in [0.25, 0.3) is 0 Å². The molecule has 106 valence electrons. The first-order valence-corrected chi connectivity index (χ1v) is 7.62. The second-order valence-electron chi connectivity index (χ2n) is 5.82. The van der Waals surface area contributed by atoms with Crippen molar-refractivity contribution < 1.29 is 0 Å². The molecule has 19 heavy (non-hydrogen) atoms. The molecule has 3 nitrogen and oxygen atoms in total. The maximum absolute atomic E-state index is 4.05. The third-order valence-electron chi connectivity index (χ3n) is 4.09. The third-order valence-corrected chi connectivity index (χ3v) is 4.09. The van der Waals surface area contributed by atoms with Crippen LogP contribution in [-0.4, -0.2) is 41.6 Å². The van der Waals surface area contributed by atoms with Gasteiger partial charge in [-0.3, -0.25) is 4.98 Å². The van der Waals surface area contributed by atoms with Crippen molar-refractivity contribution in [2.75, 3.05) is 19.6 Å². The summed E-state index contributed by atoms with van der Waals surface area (Å²) >= 11 is 0. The minimum Gasteiger partial charge on any atom is -0.314 e. The fourth-order valence-electron chi connectivity index (χ4n) is 2.81. The van der Waals surface area contributed by atoms with E-state index in [9.17, 15) is 0 Å². The zero-order valence-corrected chi connectivity index (χ0v) is 12.3. The van der Waals surface area contributed by atoms with Crippen LogP contribution < -0.4 is 5.32 Å². The van der Waals surface area contributed by atoms with E-state index in [-0.39, 0.29) is 0 Å². The van der Waals surface area contributed by atoms with E-state index >= 15 is 0 Å². The Balaban J connectivity index is 1.69. The molecule has 2 rings (SSSR count). The summed E-state index contributed by atoms with van der Waals surface area (Å²) in [5.74, 6) is 0. The molecule has 1 N–H and O–H groups in total. The largest absolute Gasteiger partial charge is 0.314 e. The molecule has 1 atom stereocenters. The highest BCUT2D eigenvalue weighted by molar-refractivity contribution is 5.09. The molecular formula is C16H27N3. The second kappa shape index (κ2) is 7.61. The van der Waals surface area contributed by atoms with E-state index in [2.05, 4.69) is 41.2 Å². The quantitative estimate of drug-likeness (QED) is 0.882. The molecule has 0 spiro atoms. The average Bonchev–Trinajstić information content (AvgIpc) is 2.66. The topological polar surface area (TPSA) is 28.2 Å². The fraction of sp³-hybridized carbons (Fsp3) is 0.688. The summed E-state index contributed by atoms with van der Waals surface area (Å²) in [4.78, 5) is 6.66. The molecule has 1 aromatic rings. The number of nitrogens with zero attached hydrogens (tertiary/aromatic N) is 2. The van der Waals surface area contributed by atoms with Crippen LogP contribution in [0, 0.1) is 0 Å². The maximum Gasteiger partial charge on any atom is 0.0270 e. The van der Waals surface area contributed by atoms with Gasteiger partial charge in [0.15, 0.2) is 0 Å². The Morgan fingerprint density at radius 2 is 2.05 bits per heavy atom. The molecule has 0 bridgehead atoms. The highest BCUT2D eigenvalue weighted by Crippen LogP contribution is 2.13. The van der Waals surface area contributed by atoms with E-state index in [1.54, 1.807) is 0 Å². The van der Waals surface area contributed by atoms with E-state index in [1.165, 1.54) is 37.9 Å². The standard InChI is InChI=1S/C16H27N3/c1-14(2)19-12-3-4-16(8-13-19)18-11-7-15-5-9-17-10-6-15/h5-6,9-10,14,16,18H,3-4,7-8,11-13H2,1-2H3. The van der Waals surface area contributed by atoms with Gasteiger partial charge < -0.3 is 10.2 Å². The van der Waals surface area contributed by atoms with E-state index in [1.807, 2.05) is 12.4 Å². The van der Waals surface area contributed by atoms with E-state index in [0.717, 1.165) is 13.0 Å². The van der Waals surface area contributed by atoms with Crippen LogP contribution in [0.15, 0.2) is 24.5 Å². The van der Waals surface area contributed by atoms with Crippen LogP contribution in [0.1, 0.15) is 38.7 Å². The Kier molecular flexibility index (Phi) is 5.80. The van der Waals surface area contributed by atoms with E-state index in [4.69, 9.17) is 0 Å². The Hall–Kier alpha value is -0.930. The summed E-state index contributed by atoms with van der Waals surface area (Å²) in [5, 5.41) is 3.72. The SMILES string of the molecule is CC(C)N1CCCC(NCCc2ccncc2)CC1. The average molecular weight is 261 g/mol. The second-order valence-corrected chi connectivity index (χ2v) is 5.82. The molecule has 1 saturated heterocycles. The van der Waals surface area contributed by atoms with Gasteiger partial charge in [0.2, 0.25) is 0 Å². The van der Waals surface area contributed by atoms with Crippen LogP contribution in [0.4, 0.5) is 0 Å². The summed E-state index contributed by atoms with van der Waals surface area (Å²) in [6, 6.07) is 5.60. The normalized spacial score (nSPS) is 21.5. The zero-order chi connectivity index (χ0) is 13.5. The Morgan fingerprint density at radius 1 is 1.26 bits per heavy atom. The lowest BCUT2D eigenvalue weighted by Crippen LogP contribution is -2.34. The Morgan fingerprint density at radius 3 is 2.79 bits per heavy atom. The first-order chi connectivity index (χ1) is 9.25. The van der Waals surface area contributed by atoms with Gasteiger partial charge in [-0.05, 0) is 76.9 Å². The number of aromatic nitrogens is 1. The zero-order valence-electron chi connectivity index (χ0n) is 12.3. The summed E-state index contributed by atoms with van der Waals surface area (Å²) in [7, 11) is 0. The minimum absolute atomic E-state index is 0.690. The molecule has 0 amide bonds. The Bertz CT molecular complexity index is 350. The number of rotatable bonds is 5. The number of nitrogens with one attached hydrogen (secondary N) is 1. The molecule has 3 heteroatoms. The third kappa shape index (κ3) is 4.92. The van der Waals surface area contributed by atoms with Crippen LogP contribution in [0.2, 0.25) is 0 Å². The first-order valence-electron chi connectivity index (χ1n) is 7.62. The number of hydrogen-bond donors (Lipinski definition) is 1. The summed E-state index contributed by atoms with van der Waals surface area (Å²) in [6.07, 6.45) is 8.79. The van der Waals surface area contributed by atoms with Gasteiger partial charge in [0.05, 0.1) is 0 Å². The van der Waals surface area contributed by atoms with Gasteiger partial charge in [-0.1, -0.05) is 0 Å². The van der Waals surface area contributed by atoms with Crippen molar-refractivity contribution in [3.63, 3.8) is 0 Å². The molecule has 1 aliphatic rings. The van der Waals surface area contributed by atoms with Crippen LogP contribution in [0.5, 0.6) is 0 Å². The van der Waals surface area contributed by atoms with E-state index in [0.29, 0.717) is 12.1 Å². The van der Waals surface area contributed by atoms with Gasteiger partial charge in [0.25, 0.3) is 0 Å². The van der Waals surface area contributed by atoms with Crippen molar-refractivity contribution in [2.24, 2.45) is 0 Å². The number of likely N-dealkylation sites (tertiary alicyclic amines) is 1. The number of pyridine rings is 1. The molecule has 1 aliphatic heterocycles. The molecule has 0 radical (unpaired) electrons. The predicted molar refractivity (Wildman–Crippen MR) is 80.3 cm³/mol. The predicted octanol–water partition coefficient (Wildman–Crippen LogP) is 2.48. The monoisotopic (exact) mass is 261 g/mol. The minimum atomic E-state index is 0.690. The molecule has 0 aliphatic carbocycles. The van der Waals surface area contributed by atoms with Gasteiger partial charge in [0.1, 0.15) is 0 Å². The molecular weight excluding hydrogens is 234 g/mol. The van der Waals surface area contributed by atoms with Crippen LogP contribution in [0.3, 0.4) is 0 Å². The summed E-state index contributed by atoms with van der Waals surface area (Å²) in [6.45, 7) is 8.19. The van der Waals surface area contributed by atoms with Gasteiger partial charge in [-0.25, -0.2) is 0 Å². The highest BCUT2D eigenvalue weighted by Gasteiger charge is 2.17. The molecule has 1 fully saturated rings. The maximum atomic E-state index is 4.05. The lowest BCUT2D eigenvalue weighted by Gasteiger charge is -2.24. The molecule has 1 aromatic heterocycles. The Labute approximate surface area is 117 Å². The molecule has 0 saturated carbocycles. The van der Waals surface area contributed by atoms with Crippen molar-refractivity contribution in [1.82, 2.24) is 15.2 Å². The van der Waals surface area contributed by atoms with Crippen molar-refractivity contribution in [1.29, 1.82) is 0 Å². The summed E-state index contributed by atoms with van der Waals surface area (Å²) < 4.78 is 0. The van der Waals surface area contributed by atoms with Crippen molar-refractivity contribution in [3.8, 4) is 0 Å². The number of hydrogen-bond acceptors (Lipinski definition) is 3. The van der Waals surface area contributed by atoms with Gasteiger partial charge in [0, 0.05) is 24.5 Å². The van der Waals surface area contributed by atoms with Crippen molar-refractivity contribution >= 4 is 0 Å². The summed E-state index contributed by atoms with van der Waals surface area (Å²) in [5.41, 5.74) is 1.37. The van der Waals surface area contributed by atoms with Gasteiger partial charge >= 0.3 is 0 Å². The van der Waals surface area contributed by atoms with Crippen molar-refractivity contribution in [2.45, 2.75) is 51.6 Å². The molecule has 1 unspecified atom stereocenters.